The zero-order chi connectivity index (χ0) is 26.1. The molecule has 0 saturated heterocycles. The molecule has 8 heteroatoms. The summed E-state index contributed by atoms with van der Waals surface area (Å²) in [5, 5.41) is 0. The Balaban J connectivity index is 2.04. The van der Waals surface area contributed by atoms with E-state index in [4.69, 9.17) is 23.6 Å². The molecule has 1 aromatic rings. The normalized spacial score (nSPS) is 22.0. The maximum atomic E-state index is 6.65. The first-order valence-corrected chi connectivity index (χ1v) is 19.9. The second kappa shape index (κ2) is 13.7. The third kappa shape index (κ3) is 8.37. The average Bonchev–Trinajstić information content (AvgIpc) is 3.44. The smallest absolute Gasteiger partial charge is 0.192 e. The molecule has 0 aromatic carbocycles. The van der Waals surface area contributed by atoms with Crippen molar-refractivity contribution in [3.8, 4) is 0 Å². The number of ether oxygens (including phenoxy) is 3. The van der Waals surface area contributed by atoms with Gasteiger partial charge in [-0.3, -0.25) is 4.99 Å². The van der Waals surface area contributed by atoms with E-state index < -0.39 is 22.1 Å². The minimum atomic E-state index is -1.58. The molecule has 1 aromatic heterocycles. The van der Waals surface area contributed by atoms with Crippen molar-refractivity contribution in [3.63, 3.8) is 0 Å². The van der Waals surface area contributed by atoms with Gasteiger partial charge in [-0.2, -0.15) is 0 Å². The van der Waals surface area contributed by atoms with Crippen LogP contribution in [0.15, 0.2) is 23.3 Å². The third-order valence-corrected chi connectivity index (χ3v) is 14.2. The fourth-order valence-corrected chi connectivity index (χ4v) is 8.79. The number of rotatable bonds is 17. The molecule has 0 bridgehead atoms. The Morgan fingerprint density at radius 3 is 2.40 bits per heavy atom. The molecule has 6 nitrogen and oxygen atoms in total. The molecule has 202 valence electrons. The zero-order valence-corrected chi connectivity index (χ0v) is 26.0. The number of methoxy groups -OCH3 is 2. The summed E-state index contributed by atoms with van der Waals surface area (Å²) in [5.41, 5.74) is 1.49. The van der Waals surface area contributed by atoms with Crippen molar-refractivity contribution in [2.75, 3.05) is 20.8 Å². The van der Waals surface area contributed by atoms with Gasteiger partial charge in [-0.1, -0.05) is 40.4 Å². The SMILES string of the molecule is CC[Si](CC)(CC)OC(C)CCCC1(OC)N=C(c2cccn2COCC[Si](C)(C)C)CC1OC. The molecule has 0 fully saturated rings. The molecule has 3 atom stereocenters. The molecular formula is C27H52N2O4Si2. The summed E-state index contributed by atoms with van der Waals surface area (Å²) in [4.78, 5) is 5.15. The molecule has 0 radical (unpaired) electrons. The van der Waals surface area contributed by atoms with Crippen LogP contribution in [0, 0.1) is 0 Å². The van der Waals surface area contributed by atoms with Crippen molar-refractivity contribution < 1.29 is 18.6 Å². The van der Waals surface area contributed by atoms with E-state index in [1.165, 1.54) is 24.2 Å². The van der Waals surface area contributed by atoms with Crippen molar-refractivity contribution in [3.05, 3.63) is 24.0 Å². The lowest BCUT2D eigenvalue weighted by Crippen LogP contribution is -2.41. The Kier molecular flexibility index (Phi) is 11.9. The van der Waals surface area contributed by atoms with Crippen LogP contribution in [0.25, 0.3) is 0 Å². The molecule has 1 aliphatic heterocycles. The van der Waals surface area contributed by atoms with Crippen LogP contribution >= 0.6 is 0 Å². The Hall–Kier alpha value is -0.776. The minimum Gasteiger partial charge on any atom is -0.414 e. The Morgan fingerprint density at radius 2 is 1.83 bits per heavy atom. The third-order valence-electron chi connectivity index (χ3n) is 7.73. The van der Waals surface area contributed by atoms with Crippen molar-refractivity contribution in [1.82, 2.24) is 4.57 Å². The van der Waals surface area contributed by atoms with Gasteiger partial charge in [0.15, 0.2) is 14.0 Å². The highest BCUT2D eigenvalue weighted by Crippen LogP contribution is 2.36. The molecule has 3 unspecified atom stereocenters. The number of aromatic nitrogens is 1. The first-order valence-electron chi connectivity index (χ1n) is 13.6. The maximum absolute atomic E-state index is 6.65. The highest BCUT2D eigenvalue weighted by Gasteiger charge is 2.45. The Bertz CT molecular complexity index is 780. The van der Waals surface area contributed by atoms with E-state index in [9.17, 15) is 0 Å². The molecule has 0 saturated carbocycles. The standard InChI is InChI=1S/C27H52N2O4Si2/c1-10-35(11-2,12-3)33-23(4)15-13-17-27(31-6)26(30-5)21-24(28-27)25-16-14-18-29(25)22-32-19-20-34(7,8)9/h14,16,18,23,26H,10-13,15,17,19-22H2,1-9H3. The molecule has 2 heterocycles. The van der Waals surface area contributed by atoms with E-state index in [0.29, 0.717) is 6.73 Å². The summed E-state index contributed by atoms with van der Waals surface area (Å²) < 4.78 is 26.8. The van der Waals surface area contributed by atoms with E-state index in [0.717, 1.165) is 43.7 Å². The first-order chi connectivity index (χ1) is 16.6. The van der Waals surface area contributed by atoms with Gasteiger partial charge in [0.2, 0.25) is 0 Å². The van der Waals surface area contributed by atoms with Crippen LogP contribution in [0.4, 0.5) is 0 Å². The number of hydrogen-bond donors (Lipinski definition) is 0. The number of aliphatic imine (C=N–C) groups is 1. The number of hydrogen-bond acceptors (Lipinski definition) is 5. The largest absolute Gasteiger partial charge is 0.414 e. The van der Waals surface area contributed by atoms with Gasteiger partial charge in [-0.25, -0.2) is 0 Å². The maximum Gasteiger partial charge on any atom is 0.192 e. The topological polar surface area (TPSA) is 54.2 Å². The van der Waals surface area contributed by atoms with Crippen molar-refractivity contribution >= 4 is 22.1 Å². The monoisotopic (exact) mass is 524 g/mol. The van der Waals surface area contributed by atoms with E-state index in [2.05, 4.69) is 70.2 Å². The van der Waals surface area contributed by atoms with E-state index in [-0.39, 0.29) is 12.2 Å². The van der Waals surface area contributed by atoms with Crippen LogP contribution in [0.5, 0.6) is 0 Å². The molecule has 0 aliphatic carbocycles. The van der Waals surface area contributed by atoms with Gasteiger partial charge >= 0.3 is 0 Å². The fourth-order valence-electron chi connectivity index (χ4n) is 5.06. The van der Waals surface area contributed by atoms with E-state index in [1.54, 1.807) is 14.2 Å². The summed E-state index contributed by atoms with van der Waals surface area (Å²) in [6.45, 7) is 17.6. The summed E-state index contributed by atoms with van der Waals surface area (Å²) in [6, 6.07) is 8.93. The van der Waals surface area contributed by atoms with Crippen molar-refractivity contribution in [2.45, 2.75) is 122 Å². The van der Waals surface area contributed by atoms with Crippen molar-refractivity contribution in [2.24, 2.45) is 4.99 Å². The van der Waals surface area contributed by atoms with Crippen LogP contribution in [0.3, 0.4) is 0 Å². The summed E-state index contributed by atoms with van der Waals surface area (Å²) in [6.07, 6.45) is 5.83. The molecule has 0 amide bonds. The van der Waals surface area contributed by atoms with Crippen LogP contribution < -0.4 is 0 Å². The van der Waals surface area contributed by atoms with Gasteiger partial charge < -0.3 is 23.2 Å². The molecule has 35 heavy (non-hydrogen) atoms. The minimum absolute atomic E-state index is 0.0923. The van der Waals surface area contributed by atoms with Gasteiger partial charge in [-0.05, 0) is 62.5 Å². The second-order valence-corrected chi connectivity index (χ2v) is 21.7. The van der Waals surface area contributed by atoms with Crippen LogP contribution in [0.2, 0.25) is 43.8 Å². The zero-order valence-electron chi connectivity index (χ0n) is 24.0. The lowest BCUT2D eigenvalue weighted by atomic mass is 9.98. The summed E-state index contributed by atoms with van der Waals surface area (Å²) >= 11 is 0. The lowest BCUT2D eigenvalue weighted by Gasteiger charge is -2.33. The first kappa shape index (κ1) is 30.4. The highest BCUT2D eigenvalue weighted by atomic mass is 28.4. The molecular weight excluding hydrogens is 472 g/mol. The van der Waals surface area contributed by atoms with Gasteiger partial charge in [0.1, 0.15) is 12.8 Å². The molecule has 0 N–H and O–H groups in total. The van der Waals surface area contributed by atoms with Gasteiger partial charge in [0.05, 0.1) is 11.4 Å². The van der Waals surface area contributed by atoms with Crippen LogP contribution in [0.1, 0.15) is 59.1 Å². The number of nitrogens with zero attached hydrogens (tertiary/aromatic N) is 2. The van der Waals surface area contributed by atoms with Crippen LogP contribution in [-0.2, 0) is 25.4 Å². The highest BCUT2D eigenvalue weighted by molar-refractivity contribution is 6.76. The predicted octanol–water partition coefficient (Wildman–Crippen LogP) is 6.93. The van der Waals surface area contributed by atoms with Gasteiger partial charge in [0, 0.05) is 47.6 Å². The molecule has 2 rings (SSSR count). The predicted molar refractivity (Wildman–Crippen MR) is 152 cm³/mol. The molecule has 1 aliphatic rings. The second-order valence-electron chi connectivity index (χ2n) is 11.3. The van der Waals surface area contributed by atoms with Crippen molar-refractivity contribution in [1.29, 1.82) is 0 Å². The quantitative estimate of drug-likeness (QED) is 0.164. The molecule has 0 spiro atoms. The van der Waals surface area contributed by atoms with Gasteiger partial charge in [0.25, 0.3) is 0 Å². The van der Waals surface area contributed by atoms with E-state index in [1.807, 2.05) is 0 Å². The fraction of sp³-hybridized carbons (Fsp3) is 0.815. The Labute approximate surface area is 216 Å². The summed E-state index contributed by atoms with van der Waals surface area (Å²) in [7, 11) is 0.853. The Morgan fingerprint density at radius 1 is 1.14 bits per heavy atom. The van der Waals surface area contributed by atoms with Gasteiger partial charge in [-0.15, -0.1) is 0 Å². The van der Waals surface area contributed by atoms with E-state index >= 15 is 0 Å². The average molecular weight is 525 g/mol. The summed E-state index contributed by atoms with van der Waals surface area (Å²) in [5.74, 6) is 0. The lowest BCUT2D eigenvalue weighted by molar-refractivity contribution is -0.106. The van der Waals surface area contributed by atoms with Crippen LogP contribution in [-0.4, -0.2) is 65.4 Å².